The second-order valence-electron chi connectivity index (χ2n) is 11.4. The average molecular weight is 571 g/mol. The first kappa shape index (κ1) is 29.3. The Morgan fingerprint density at radius 1 is 1.17 bits per heavy atom. The summed E-state index contributed by atoms with van der Waals surface area (Å²) in [6.45, 7) is 2.13. The molecule has 1 amide bonds. The number of benzene rings is 2. The van der Waals surface area contributed by atoms with Crippen molar-refractivity contribution in [3.05, 3.63) is 76.9 Å². The van der Waals surface area contributed by atoms with E-state index in [0.29, 0.717) is 29.3 Å². The van der Waals surface area contributed by atoms with Crippen molar-refractivity contribution < 1.29 is 27.4 Å². The zero-order valence-corrected chi connectivity index (χ0v) is 23.5. The smallest absolute Gasteiger partial charge is 0.442 e. The minimum atomic E-state index is -4.57. The molecule has 2 aliphatic carbocycles. The monoisotopic (exact) mass is 570 g/mol. The van der Waals surface area contributed by atoms with E-state index in [1.807, 2.05) is 0 Å². The fraction of sp³-hybridized carbons (Fsp3) is 0.516. The highest BCUT2D eigenvalue weighted by Gasteiger charge is 2.65. The molecule has 0 spiro atoms. The summed E-state index contributed by atoms with van der Waals surface area (Å²) in [6.07, 6.45) is 4.21. The Hall–Kier alpha value is -3.24. The Bertz CT molecular complexity index is 1270. The lowest BCUT2D eigenvalue weighted by Crippen LogP contribution is -2.38. The average Bonchev–Trinajstić information content (AvgIpc) is 3.77. The highest BCUT2D eigenvalue weighted by atomic mass is 19.4. The van der Waals surface area contributed by atoms with Crippen molar-refractivity contribution in [3.63, 3.8) is 0 Å². The number of fused-ring (bicyclic) bond motifs is 2. The number of allylic oxidation sites excluding steroid dienone is 1. The molecule has 1 heterocycles. The van der Waals surface area contributed by atoms with E-state index in [9.17, 15) is 18.0 Å². The molecule has 2 aromatic rings. The van der Waals surface area contributed by atoms with Gasteiger partial charge in [0.2, 0.25) is 0 Å². The zero-order chi connectivity index (χ0) is 29.0. The first-order chi connectivity index (χ1) is 19.7. The van der Waals surface area contributed by atoms with E-state index in [-0.39, 0.29) is 30.7 Å². The van der Waals surface area contributed by atoms with Crippen LogP contribution in [0.3, 0.4) is 0 Å². The number of halogens is 3. The van der Waals surface area contributed by atoms with Crippen molar-refractivity contribution in [2.24, 2.45) is 22.1 Å². The molecular formula is C31H37F3N4O3. The van der Waals surface area contributed by atoms with E-state index in [4.69, 9.17) is 9.47 Å². The quantitative estimate of drug-likeness (QED) is 0.306. The number of alkyl halides is 3. The third kappa shape index (κ3) is 6.98. The number of hydrogen-bond acceptors (Lipinski definition) is 6. The molecule has 41 heavy (non-hydrogen) atoms. The van der Waals surface area contributed by atoms with Crippen LogP contribution in [-0.4, -0.2) is 56.9 Å². The molecule has 10 heteroatoms. The molecule has 3 aliphatic rings. The lowest BCUT2D eigenvalue weighted by Gasteiger charge is -2.35. The molecule has 0 aromatic heterocycles. The number of para-hydroxylation sites is 1. The molecule has 7 nitrogen and oxygen atoms in total. The van der Waals surface area contributed by atoms with Crippen LogP contribution in [0.4, 0.5) is 13.2 Å². The maximum atomic E-state index is 13.2. The second kappa shape index (κ2) is 12.3. The number of amides is 1. The lowest BCUT2D eigenvalue weighted by molar-refractivity contribution is -0.166. The maximum absolute atomic E-state index is 13.2. The number of rotatable bonds is 12. The van der Waals surface area contributed by atoms with Crippen molar-refractivity contribution in [2.45, 2.75) is 56.6 Å². The highest BCUT2D eigenvalue weighted by molar-refractivity contribution is 5.96. The predicted octanol–water partition coefficient (Wildman–Crippen LogP) is 6.26. The topological polar surface area (TPSA) is 75.5 Å². The third-order valence-electron chi connectivity index (χ3n) is 8.22. The number of likely N-dealkylation sites (N-methyl/N-ethyl adjacent to an activating group) is 1. The van der Waals surface area contributed by atoms with Crippen LogP contribution in [0.15, 0.2) is 70.4 Å². The highest BCUT2D eigenvalue weighted by Crippen LogP contribution is 2.52. The Labute approximate surface area is 238 Å². The molecule has 1 aliphatic heterocycles. The van der Waals surface area contributed by atoms with Crippen LogP contribution in [-0.2, 0) is 16.9 Å². The number of carbonyl (C=O) groups is 1. The van der Waals surface area contributed by atoms with Crippen LogP contribution in [0.1, 0.15) is 53.6 Å². The molecule has 1 saturated carbocycles. The fourth-order valence-electron chi connectivity index (χ4n) is 6.06. The van der Waals surface area contributed by atoms with Gasteiger partial charge in [-0.3, -0.25) is 4.79 Å². The van der Waals surface area contributed by atoms with E-state index in [0.717, 1.165) is 12.5 Å². The van der Waals surface area contributed by atoms with Gasteiger partial charge in [-0.05, 0) is 68.7 Å². The summed E-state index contributed by atoms with van der Waals surface area (Å²) in [4.78, 5) is 15.3. The summed E-state index contributed by atoms with van der Waals surface area (Å²) in [5.74, 6) is 1.52. The van der Waals surface area contributed by atoms with E-state index >= 15 is 0 Å². The number of nitrogens with one attached hydrogen (secondary N) is 1. The van der Waals surface area contributed by atoms with Gasteiger partial charge < -0.3 is 19.7 Å². The summed E-state index contributed by atoms with van der Waals surface area (Å²) in [7, 11) is 3.78. The van der Waals surface area contributed by atoms with Crippen LogP contribution < -0.4 is 10.1 Å². The lowest BCUT2D eigenvalue weighted by atomic mass is 9.74. The summed E-state index contributed by atoms with van der Waals surface area (Å²) in [5.41, 5.74) is 0.157. The Morgan fingerprint density at radius 3 is 2.61 bits per heavy atom. The number of methoxy groups -OCH3 is 1. The van der Waals surface area contributed by atoms with Crippen LogP contribution in [0, 0.1) is 11.8 Å². The van der Waals surface area contributed by atoms with Gasteiger partial charge in [0, 0.05) is 32.3 Å². The third-order valence-corrected chi connectivity index (χ3v) is 8.22. The van der Waals surface area contributed by atoms with Gasteiger partial charge in [-0.1, -0.05) is 48.0 Å². The molecular weight excluding hydrogens is 533 g/mol. The molecule has 2 aromatic carbocycles. The van der Waals surface area contributed by atoms with Gasteiger partial charge in [-0.15, -0.1) is 10.2 Å². The minimum Gasteiger partial charge on any atom is -0.490 e. The van der Waals surface area contributed by atoms with Crippen molar-refractivity contribution in [3.8, 4) is 5.75 Å². The fourth-order valence-corrected chi connectivity index (χ4v) is 6.06. The summed E-state index contributed by atoms with van der Waals surface area (Å²) >= 11 is 0. The van der Waals surface area contributed by atoms with E-state index in [1.165, 1.54) is 56.4 Å². The second-order valence-corrected chi connectivity index (χ2v) is 11.4. The van der Waals surface area contributed by atoms with Crippen LogP contribution in [0.2, 0.25) is 0 Å². The number of carbonyl (C=O) groups excluding carboxylic acids is 1. The van der Waals surface area contributed by atoms with Crippen molar-refractivity contribution in [1.82, 2.24) is 10.2 Å². The van der Waals surface area contributed by atoms with Crippen molar-refractivity contribution in [1.29, 1.82) is 0 Å². The van der Waals surface area contributed by atoms with E-state index < -0.39 is 11.8 Å². The van der Waals surface area contributed by atoms with Crippen molar-refractivity contribution >= 4 is 5.91 Å². The number of hydrogen-bond donors (Lipinski definition) is 1. The van der Waals surface area contributed by atoms with Gasteiger partial charge in [-0.2, -0.15) is 13.2 Å². The molecule has 1 N–H and O–H groups in total. The van der Waals surface area contributed by atoms with E-state index in [1.54, 1.807) is 36.9 Å². The van der Waals surface area contributed by atoms with Crippen LogP contribution in [0.25, 0.3) is 0 Å². The number of nitrogens with zero attached hydrogens (tertiary/aromatic N) is 3. The van der Waals surface area contributed by atoms with Gasteiger partial charge in [0.25, 0.3) is 5.91 Å². The molecule has 2 bridgehead atoms. The molecule has 220 valence electrons. The van der Waals surface area contributed by atoms with Gasteiger partial charge in [0.15, 0.2) is 0 Å². The summed E-state index contributed by atoms with van der Waals surface area (Å²) in [6, 6.07) is 12.7. The molecule has 3 unspecified atom stereocenters. The SMILES string of the molecule is COC(COc1ccccc1C(=O)NCc1ccc(C2(C(F)(F)F)N=N2)cc1)CN(C)CC1C=C2CCCC(C2)C1. The maximum Gasteiger partial charge on any atom is 0.442 e. The molecule has 1 fully saturated rings. The Balaban J connectivity index is 1.12. The molecule has 0 radical (unpaired) electrons. The molecule has 0 saturated heterocycles. The summed E-state index contributed by atoms with van der Waals surface area (Å²) in [5, 5.41) is 9.26. The van der Waals surface area contributed by atoms with Gasteiger partial charge >= 0.3 is 11.8 Å². The van der Waals surface area contributed by atoms with E-state index in [2.05, 4.69) is 33.6 Å². The standard InChI is InChI=1S/C31H37F3N4O3/c1-38(18-24-15-22-6-5-7-23(14-22)16-24)19-26(40-2)20-41-28-9-4-3-8-27(28)29(39)35-17-21-10-12-25(13-11-21)30(36-37-30)31(32,33)34/h3-4,8-13,15,23-24,26H,5-7,14,16-20H2,1-2H3,(H,35,39). The first-order valence-electron chi connectivity index (χ1n) is 14.2. The van der Waals surface area contributed by atoms with Gasteiger partial charge in [0.1, 0.15) is 18.5 Å². The Morgan fingerprint density at radius 2 is 1.93 bits per heavy atom. The van der Waals surface area contributed by atoms with Gasteiger partial charge in [-0.25, -0.2) is 0 Å². The molecule has 5 rings (SSSR count). The largest absolute Gasteiger partial charge is 0.490 e. The van der Waals surface area contributed by atoms with Crippen LogP contribution in [0.5, 0.6) is 5.75 Å². The summed E-state index contributed by atoms with van der Waals surface area (Å²) < 4.78 is 51.4. The minimum absolute atomic E-state index is 0.0458. The molecule has 3 atom stereocenters. The normalized spacial score (nSPS) is 21.8. The predicted molar refractivity (Wildman–Crippen MR) is 149 cm³/mol. The van der Waals surface area contributed by atoms with Crippen LogP contribution >= 0.6 is 0 Å². The first-order valence-corrected chi connectivity index (χ1v) is 14.2. The zero-order valence-electron chi connectivity index (χ0n) is 23.5. The number of ether oxygens (including phenoxy) is 2. The van der Waals surface area contributed by atoms with Crippen molar-refractivity contribution in [2.75, 3.05) is 33.9 Å². The Kier molecular flexibility index (Phi) is 8.79. The van der Waals surface area contributed by atoms with Gasteiger partial charge in [0.05, 0.1) is 5.56 Å².